The van der Waals surface area contributed by atoms with Gasteiger partial charge in [0.15, 0.2) is 9.84 Å². The molecule has 96 valence electrons. The van der Waals surface area contributed by atoms with Crippen molar-refractivity contribution in [1.82, 2.24) is 10.2 Å². The molecule has 0 bridgehead atoms. The van der Waals surface area contributed by atoms with Gasteiger partial charge < -0.3 is 15.3 Å². The van der Waals surface area contributed by atoms with E-state index in [1.54, 1.807) is 0 Å². The molecule has 6 heteroatoms. The van der Waals surface area contributed by atoms with E-state index in [1.807, 2.05) is 19.0 Å². The molecule has 0 aromatic rings. The Bertz CT molecular complexity index is 303. The number of nitrogens with one attached hydrogen (secondary N) is 1. The maximum atomic E-state index is 11.4. The van der Waals surface area contributed by atoms with Gasteiger partial charge in [-0.25, -0.2) is 8.42 Å². The number of likely N-dealkylation sites (N-methyl/N-ethyl adjacent to an activating group) is 1. The van der Waals surface area contributed by atoms with E-state index in [1.165, 1.54) is 0 Å². The third-order valence-corrected chi connectivity index (χ3v) is 4.50. The maximum absolute atomic E-state index is 11.4. The van der Waals surface area contributed by atoms with Crippen LogP contribution in [0.4, 0.5) is 0 Å². The minimum atomic E-state index is -2.86. The number of hydrogen-bond acceptors (Lipinski definition) is 5. The van der Waals surface area contributed by atoms with Crippen molar-refractivity contribution in [1.29, 1.82) is 0 Å². The van der Waals surface area contributed by atoms with Crippen LogP contribution in [-0.4, -0.2) is 69.3 Å². The normalized spacial score (nSPS) is 26.9. The zero-order valence-corrected chi connectivity index (χ0v) is 10.8. The van der Waals surface area contributed by atoms with Crippen LogP contribution in [0.2, 0.25) is 0 Å². The third-order valence-electron chi connectivity index (χ3n) is 2.68. The molecule has 1 heterocycles. The number of nitrogens with zero attached hydrogens (tertiary/aromatic N) is 1. The molecule has 2 unspecified atom stereocenters. The van der Waals surface area contributed by atoms with Crippen molar-refractivity contribution in [3.8, 4) is 0 Å². The quantitative estimate of drug-likeness (QED) is 0.660. The van der Waals surface area contributed by atoms with Gasteiger partial charge in [0.05, 0.1) is 17.6 Å². The summed E-state index contributed by atoms with van der Waals surface area (Å²) < 4.78 is 22.7. The van der Waals surface area contributed by atoms with E-state index < -0.39 is 15.9 Å². The minimum absolute atomic E-state index is 0.00978. The molecule has 0 spiro atoms. The zero-order chi connectivity index (χ0) is 12.2. The lowest BCUT2D eigenvalue weighted by molar-refractivity contribution is 0.131. The lowest BCUT2D eigenvalue weighted by Gasteiger charge is -2.25. The molecule has 0 saturated carbocycles. The van der Waals surface area contributed by atoms with Gasteiger partial charge in [-0.2, -0.15) is 0 Å². The van der Waals surface area contributed by atoms with Gasteiger partial charge in [-0.1, -0.05) is 0 Å². The summed E-state index contributed by atoms with van der Waals surface area (Å²) >= 11 is 0. The average Bonchev–Trinajstić information content (AvgIpc) is 2.12. The summed E-state index contributed by atoms with van der Waals surface area (Å²) in [6, 6.07) is 0.00978. The molecule has 1 rings (SSSR count). The molecule has 0 aliphatic carbocycles. The van der Waals surface area contributed by atoms with Crippen molar-refractivity contribution in [3.63, 3.8) is 0 Å². The van der Waals surface area contributed by atoms with Crippen LogP contribution < -0.4 is 5.32 Å². The Morgan fingerprint density at radius 1 is 1.50 bits per heavy atom. The van der Waals surface area contributed by atoms with Gasteiger partial charge in [0, 0.05) is 19.1 Å². The Balaban J connectivity index is 2.27. The number of sulfone groups is 1. The lowest BCUT2D eigenvalue weighted by atomic mass is 10.2. The van der Waals surface area contributed by atoms with Crippen molar-refractivity contribution in [2.24, 2.45) is 0 Å². The van der Waals surface area contributed by atoms with Gasteiger partial charge in [-0.3, -0.25) is 0 Å². The van der Waals surface area contributed by atoms with Crippen LogP contribution in [0, 0.1) is 0 Å². The molecule has 0 aromatic heterocycles. The SMILES string of the molecule is CN(C)CC(O)CNC1CCCS(=O)(=O)C1. The molecule has 2 N–H and O–H groups in total. The van der Waals surface area contributed by atoms with Gasteiger partial charge in [0.25, 0.3) is 0 Å². The van der Waals surface area contributed by atoms with Gasteiger partial charge >= 0.3 is 0 Å². The molecule has 1 fully saturated rings. The average molecular weight is 250 g/mol. The Hall–Kier alpha value is -0.170. The summed E-state index contributed by atoms with van der Waals surface area (Å²) in [4.78, 5) is 1.91. The highest BCUT2D eigenvalue weighted by molar-refractivity contribution is 7.91. The van der Waals surface area contributed by atoms with Crippen LogP contribution in [0.1, 0.15) is 12.8 Å². The Kier molecular flexibility index (Phi) is 5.17. The van der Waals surface area contributed by atoms with Crippen LogP contribution in [-0.2, 0) is 9.84 Å². The molecule has 1 aliphatic rings. The topological polar surface area (TPSA) is 69.6 Å². The van der Waals surface area contributed by atoms with E-state index in [4.69, 9.17) is 0 Å². The monoisotopic (exact) mass is 250 g/mol. The molecular weight excluding hydrogens is 228 g/mol. The van der Waals surface area contributed by atoms with Crippen LogP contribution in [0.5, 0.6) is 0 Å². The first-order valence-corrected chi connectivity index (χ1v) is 7.48. The zero-order valence-electron chi connectivity index (χ0n) is 10.0. The van der Waals surface area contributed by atoms with E-state index >= 15 is 0 Å². The van der Waals surface area contributed by atoms with Gasteiger partial charge in [-0.05, 0) is 26.9 Å². The summed E-state index contributed by atoms with van der Waals surface area (Å²) in [5.41, 5.74) is 0. The number of hydrogen-bond donors (Lipinski definition) is 2. The lowest BCUT2D eigenvalue weighted by Crippen LogP contribution is -2.45. The molecule has 0 radical (unpaired) electrons. The van der Waals surface area contributed by atoms with Crippen LogP contribution in [0.25, 0.3) is 0 Å². The first kappa shape index (κ1) is 13.9. The van der Waals surface area contributed by atoms with Crippen molar-refractivity contribution < 1.29 is 13.5 Å². The van der Waals surface area contributed by atoms with Crippen LogP contribution >= 0.6 is 0 Å². The first-order valence-electron chi connectivity index (χ1n) is 5.65. The van der Waals surface area contributed by atoms with E-state index in [0.717, 1.165) is 12.8 Å². The van der Waals surface area contributed by atoms with E-state index in [2.05, 4.69) is 5.32 Å². The second kappa shape index (κ2) is 5.95. The molecule has 2 atom stereocenters. The van der Waals surface area contributed by atoms with Crippen LogP contribution in [0.3, 0.4) is 0 Å². The largest absolute Gasteiger partial charge is 0.390 e. The maximum Gasteiger partial charge on any atom is 0.151 e. The predicted octanol–water partition coefficient (Wildman–Crippen LogP) is -0.924. The Labute approximate surface area is 97.7 Å². The Morgan fingerprint density at radius 3 is 2.75 bits per heavy atom. The van der Waals surface area contributed by atoms with Crippen molar-refractivity contribution in [3.05, 3.63) is 0 Å². The minimum Gasteiger partial charge on any atom is -0.390 e. The molecule has 5 nitrogen and oxygen atoms in total. The van der Waals surface area contributed by atoms with E-state index in [0.29, 0.717) is 18.8 Å². The summed E-state index contributed by atoms with van der Waals surface area (Å²) in [5.74, 6) is 0.521. The van der Waals surface area contributed by atoms with Gasteiger partial charge in [0.2, 0.25) is 0 Å². The fourth-order valence-electron chi connectivity index (χ4n) is 1.97. The highest BCUT2D eigenvalue weighted by Crippen LogP contribution is 2.11. The summed E-state index contributed by atoms with van der Waals surface area (Å²) in [6.07, 6.45) is 1.16. The third kappa shape index (κ3) is 5.25. The summed E-state index contributed by atoms with van der Waals surface area (Å²) in [7, 11) is 0.937. The first-order chi connectivity index (χ1) is 7.39. The number of aliphatic hydroxyl groups excluding tert-OH is 1. The van der Waals surface area contributed by atoms with Crippen LogP contribution in [0.15, 0.2) is 0 Å². The van der Waals surface area contributed by atoms with Crippen molar-refractivity contribution >= 4 is 9.84 Å². The smallest absolute Gasteiger partial charge is 0.151 e. The molecule has 1 saturated heterocycles. The second-order valence-corrected chi connectivity index (χ2v) is 7.01. The molecule has 0 aromatic carbocycles. The van der Waals surface area contributed by atoms with Crippen molar-refractivity contribution in [2.75, 3.05) is 38.7 Å². The standard InChI is InChI=1S/C10H22N2O3S/c1-12(2)7-10(13)6-11-9-4-3-5-16(14,15)8-9/h9-11,13H,3-8H2,1-2H3. The molecule has 0 amide bonds. The van der Waals surface area contributed by atoms with Gasteiger partial charge in [0.1, 0.15) is 0 Å². The Morgan fingerprint density at radius 2 is 2.19 bits per heavy atom. The van der Waals surface area contributed by atoms with E-state index in [-0.39, 0.29) is 11.8 Å². The fourth-order valence-corrected chi connectivity index (χ4v) is 3.64. The number of aliphatic hydroxyl groups is 1. The summed E-state index contributed by atoms with van der Waals surface area (Å²) in [6.45, 7) is 1.05. The highest BCUT2D eigenvalue weighted by atomic mass is 32.2. The van der Waals surface area contributed by atoms with Crippen molar-refractivity contribution in [2.45, 2.75) is 25.0 Å². The van der Waals surface area contributed by atoms with Gasteiger partial charge in [-0.15, -0.1) is 0 Å². The second-order valence-electron chi connectivity index (χ2n) is 4.78. The predicted molar refractivity (Wildman–Crippen MR) is 64.2 cm³/mol. The van der Waals surface area contributed by atoms with E-state index in [9.17, 15) is 13.5 Å². The molecule has 16 heavy (non-hydrogen) atoms. The number of rotatable bonds is 5. The fraction of sp³-hybridized carbons (Fsp3) is 1.00. The molecule has 1 aliphatic heterocycles. The summed E-state index contributed by atoms with van der Waals surface area (Å²) in [5, 5.41) is 12.8. The molecular formula is C10H22N2O3S. The highest BCUT2D eigenvalue weighted by Gasteiger charge is 2.24.